The molecule has 17 heavy (non-hydrogen) atoms. The van der Waals surface area contributed by atoms with Crippen LogP contribution in [0.5, 0.6) is 0 Å². The van der Waals surface area contributed by atoms with Gasteiger partial charge >= 0.3 is 0 Å². The Balaban J connectivity index is 1.62. The molecule has 1 aromatic rings. The number of carbonyl (C=O) groups is 1. The SMILES string of the molecule is CC(C)(C)Cc1csc(NC(=O)C23CC2C3)n1. The van der Waals surface area contributed by atoms with E-state index < -0.39 is 0 Å². The lowest BCUT2D eigenvalue weighted by atomic mass is 9.91. The van der Waals surface area contributed by atoms with Crippen molar-refractivity contribution in [2.45, 2.75) is 40.0 Å². The zero-order valence-corrected chi connectivity index (χ0v) is 11.4. The molecule has 0 spiro atoms. The van der Waals surface area contributed by atoms with Crippen LogP contribution in [0.3, 0.4) is 0 Å². The number of fused-ring (bicyclic) bond motifs is 1. The second-order valence-corrected chi connectivity index (χ2v) is 7.45. The molecule has 4 heteroatoms. The molecule has 92 valence electrons. The molecule has 0 radical (unpaired) electrons. The molecule has 3 rings (SSSR count). The molecule has 2 saturated carbocycles. The first-order valence-corrected chi connectivity index (χ1v) is 7.03. The average Bonchev–Trinajstić information content (AvgIpc) is 2.96. The minimum absolute atomic E-state index is 0.0376. The number of aromatic nitrogens is 1. The predicted molar refractivity (Wildman–Crippen MR) is 69.1 cm³/mol. The molecule has 2 aliphatic rings. The second kappa shape index (κ2) is 3.31. The van der Waals surface area contributed by atoms with Gasteiger partial charge in [-0.25, -0.2) is 4.98 Å². The van der Waals surface area contributed by atoms with Crippen molar-refractivity contribution in [2.75, 3.05) is 5.32 Å². The highest BCUT2D eigenvalue weighted by molar-refractivity contribution is 7.13. The van der Waals surface area contributed by atoms with Gasteiger partial charge in [0.05, 0.1) is 11.1 Å². The van der Waals surface area contributed by atoms with Crippen LogP contribution in [0.15, 0.2) is 5.38 Å². The van der Waals surface area contributed by atoms with Crippen LogP contribution >= 0.6 is 11.3 Å². The van der Waals surface area contributed by atoms with Gasteiger partial charge in [-0.2, -0.15) is 0 Å². The Bertz CT molecular complexity index is 466. The molecular formula is C13H18N2OS. The molecular weight excluding hydrogens is 232 g/mol. The first-order valence-electron chi connectivity index (χ1n) is 6.15. The first kappa shape index (κ1) is 11.2. The van der Waals surface area contributed by atoms with E-state index in [1.807, 2.05) is 0 Å². The lowest BCUT2D eigenvalue weighted by Gasteiger charge is -2.15. The van der Waals surface area contributed by atoms with E-state index in [9.17, 15) is 4.79 Å². The Kier molecular flexibility index (Phi) is 2.18. The maximum atomic E-state index is 11.9. The van der Waals surface area contributed by atoms with Crippen molar-refractivity contribution in [1.82, 2.24) is 4.98 Å². The average molecular weight is 250 g/mol. The summed E-state index contributed by atoms with van der Waals surface area (Å²) in [7, 11) is 0. The maximum Gasteiger partial charge on any atom is 0.232 e. The largest absolute Gasteiger partial charge is 0.301 e. The highest BCUT2D eigenvalue weighted by Crippen LogP contribution is 2.75. The van der Waals surface area contributed by atoms with Crippen LogP contribution in [0, 0.1) is 16.7 Å². The molecule has 1 amide bonds. The van der Waals surface area contributed by atoms with E-state index in [2.05, 4.69) is 36.5 Å². The van der Waals surface area contributed by atoms with E-state index >= 15 is 0 Å². The van der Waals surface area contributed by atoms with Gasteiger partial charge in [-0.15, -0.1) is 11.3 Å². The van der Waals surface area contributed by atoms with Crippen molar-refractivity contribution < 1.29 is 4.79 Å². The van der Waals surface area contributed by atoms with Crippen molar-refractivity contribution in [3.63, 3.8) is 0 Å². The molecule has 0 aromatic carbocycles. The van der Waals surface area contributed by atoms with Gasteiger partial charge < -0.3 is 5.32 Å². The number of hydrogen-bond acceptors (Lipinski definition) is 3. The van der Waals surface area contributed by atoms with Gasteiger partial charge in [-0.05, 0) is 30.6 Å². The van der Waals surface area contributed by atoms with Crippen molar-refractivity contribution in [3.05, 3.63) is 11.1 Å². The van der Waals surface area contributed by atoms with Crippen LogP contribution in [0.2, 0.25) is 0 Å². The van der Waals surface area contributed by atoms with Crippen molar-refractivity contribution in [1.29, 1.82) is 0 Å². The Hall–Kier alpha value is -0.900. The van der Waals surface area contributed by atoms with Crippen molar-refractivity contribution in [2.24, 2.45) is 16.7 Å². The van der Waals surface area contributed by atoms with Gasteiger partial charge in [0.15, 0.2) is 5.13 Å². The van der Waals surface area contributed by atoms with E-state index in [-0.39, 0.29) is 16.7 Å². The van der Waals surface area contributed by atoms with Crippen LogP contribution in [-0.4, -0.2) is 10.9 Å². The zero-order valence-electron chi connectivity index (χ0n) is 10.5. The Labute approximate surface area is 106 Å². The van der Waals surface area contributed by atoms with Gasteiger partial charge in [-0.3, -0.25) is 4.79 Å². The standard InChI is InChI=1S/C13H18N2OS/c1-12(2,3)6-9-7-17-11(14-9)15-10(16)13-4-8(13)5-13/h7-8H,4-6H2,1-3H3,(H,14,15,16). The summed E-state index contributed by atoms with van der Waals surface area (Å²) in [5.41, 5.74) is 1.36. The van der Waals surface area contributed by atoms with Gasteiger partial charge in [-0.1, -0.05) is 20.8 Å². The third kappa shape index (κ3) is 2.10. The summed E-state index contributed by atoms with van der Waals surface area (Å²) in [4.78, 5) is 16.4. The summed E-state index contributed by atoms with van der Waals surface area (Å²) in [6.45, 7) is 6.59. The minimum atomic E-state index is 0.0376. The molecule has 0 bridgehead atoms. The molecule has 1 heterocycles. The van der Waals surface area contributed by atoms with Crippen LogP contribution in [0.4, 0.5) is 5.13 Å². The predicted octanol–water partition coefficient (Wildman–Crippen LogP) is 3.08. The topological polar surface area (TPSA) is 42.0 Å². The van der Waals surface area contributed by atoms with E-state index in [0.29, 0.717) is 5.92 Å². The van der Waals surface area contributed by atoms with E-state index in [1.54, 1.807) is 0 Å². The number of nitrogens with one attached hydrogen (secondary N) is 1. The Morgan fingerprint density at radius 3 is 2.76 bits per heavy atom. The first-order chi connectivity index (χ1) is 7.89. The molecule has 0 saturated heterocycles. The lowest BCUT2D eigenvalue weighted by molar-refractivity contribution is -0.119. The lowest BCUT2D eigenvalue weighted by Crippen LogP contribution is -2.18. The fraction of sp³-hybridized carbons (Fsp3) is 0.692. The zero-order chi connectivity index (χ0) is 12.3. The number of hydrogen-bond donors (Lipinski definition) is 1. The highest BCUT2D eigenvalue weighted by atomic mass is 32.1. The van der Waals surface area contributed by atoms with Gasteiger partial charge in [0.25, 0.3) is 0 Å². The summed E-state index contributed by atoms with van der Waals surface area (Å²) in [5, 5.41) is 5.78. The number of nitrogens with zero attached hydrogens (tertiary/aromatic N) is 1. The number of anilines is 1. The number of carbonyl (C=O) groups excluding carboxylic acids is 1. The smallest absolute Gasteiger partial charge is 0.232 e. The summed E-state index contributed by atoms with van der Waals surface area (Å²) in [5.74, 6) is 0.885. The van der Waals surface area contributed by atoms with Gasteiger partial charge in [0.2, 0.25) is 5.91 Å². The molecule has 0 aliphatic heterocycles. The van der Waals surface area contributed by atoms with E-state index in [1.165, 1.54) is 11.3 Å². The van der Waals surface area contributed by atoms with Crippen LogP contribution in [-0.2, 0) is 11.2 Å². The molecule has 3 nitrogen and oxygen atoms in total. The van der Waals surface area contributed by atoms with Crippen LogP contribution in [0.25, 0.3) is 0 Å². The Morgan fingerprint density at radius 1 is 1.59 bits per heavy atom. The summed E-state index contributed by atoms with van der Waals surface area (Å²) in [6.07, 6.45) is 3.14. The minimum Gasteiger partial charge on any atom is -0.301 e. The summed E-state index contributed by atoms with van der Waals surface area (Å²) < 4.78 is 0. The second-order valence-electron chi connectivity index (χ2n) is 6.60. The molecule has 1 N–H and O–H groups in total. The summed E-state index contributed by atoms with van der Waals surface area (Å²) >= 11 is 1.54. The molecule has 2 fully saturated rings. The molecule has 1 aromatic heterocycles. The monoisotopic (exact) mass is 250 g/mol. The van der Waals surface area contributed by atoms with Crippen LogP contribution < -0.4 is 5.32 Å². The van der Waals surface area contributed by atoms with E-state index in [0.717, 1.165) is 30.1 Å². The van der Waals surface area contributed by atoms with E-state index in [4.69, 9.17) is 0 Å². The number of amides is 1. The highest BCUT2D eigenvalue weighted by Gasteiger charge is 2.74. The number of rotatable bonds is 3. The van der Waals surface area contributed by atoms with Crippen LogP contribution in [0.1, 0.15) is 39.3 Å². The van der Waals surface area contributed by atoms with Crippen molar-refractivity contribution >= 4 is 22.4 Å². The third-order valence-corrected chi connectivity index (χ3v) is 4.42. The maximum absolute atomic E-state index is 11.9. The summed E-state index contributed by atoms with van der Waals surface area (Å²) in [6, 6.07) is 0. The number of thiazole rings is 1. The quantitative estimate of drug-likeness (QED) is 0.895. The molecule has 2 aliphatic carbocycles. The van der Waals surface area contributed by atoms with Gasteiger partial charge in [0, 0.05) is 5.38 Å². The Morgan fingerprint density at radius 2 is 2.24 bits per heavy atom. The normalized spacial score (nSPS) is 29.7. The van der Waals surface area contributed by atoms with Gasteiger partial charge in [0.1, 0.15) is 0 Å². The van der Waals surface area contributed by atoms with Crippen molar-refractivity contribution in [3.8, 4) is 0 Å². The fourth-order valence-corrected chi connectivity index (χ4v) is 2.99. The fourth-order valence-electron chi connectivity index (χ4n) is 2.28. The molecule has 0 atom stereocenters. The molecule has 0 unspecified atom stereocenters. The third-order valence-electron chi connectivity index (χ3n) is 3.62.